The number of nitrogens with two attached hydrogens (primary N) is 1. The summed E-state index contributed by atoms with van der Waals surface area (Å²) in [5.41, 5.74) is 6.02. The molecule has 4 rings (SSSR count). The number of hydrogen-bond donors (Lipinski definition) is 1. The molecule has 0 spiro atoms. The lowest BCUT2D eigenvalue weighted by Crippen LogP contribution is -2.22. The van der Waals surface area contributed by atoms with Gasteiger partial charge in [0, 0.05) is 50.5 Å². The quantitative estimate of drug-likeness (QED) is 0.0963. The van der Waals surface area contributed by atoms with Gasteiger partial charge in [0.2, 0.25) is 0 Å². The number of aromatic nitrogens is 2. The smallest absolute Gasteiger partial charge is 0.450 e. The van der Waals surface area contributed by atoms with Crippen LogP contribution in [0.2, 0.25) is 25.7 Å². The number of fused-ring (bicyclic) bond motifs is 1. The first-order chi connectivity index (χ1) is 18.8. The van der Waals surface area contributed by atoms with Crippen LogP contribution in [0, 0.1) is 23.0 Å². The summed E-state index contributed by atoms with van der Waals surface area (Å²) in [5, 5.41) is 9.79. The second-order valence-corrected chi connectivity index (χ2v) is 15.8. The summed E-state index contributed by atoms with van der Waals surface area (Å²) in [6, 6.07) is 9.38. The highest BCUT2D eigenvalue weighted by molar-refractivity contribution is 6.76. The van der Waals surface area contributed by atoms with Crippen LogP contribution in [0.4, 0.5) is 27.6 Å². The molecule has 0 aliphatic carbocycles. The number of nitrogens with zero attached hydrogens (tertiary/aromatic N) is 3. The Labute approximate surface area is 227 Å². The van der Waals surface area contributed by atoms with E-state index in [1.807, 2.05) is 0 Å². The van der Waals surface area contributed by atoms with Crippen LogP contribution >= 0.6 is 0 Å². The van der Waals surface area contributed by atoms with Gasteiger partial charge >= 0.3 is 6.36 Å². The molecule has 2 heterocycles. The van der Waals surface area contributed by atoms with Crippen molar-refractivity contribution in [1.29, 1.82) is 5.26 Å². The summed E-state index contributed by atoms with van der Waals surface area (Å²) in [5.74, 6) is -3.41. The Balaban J connectivity index is 1.83. The van der Waals surface area contributed by atoms with E-state index in [4.69, 9.17) is 15.2 Å². The van der Waals surface area contributed by atoms with Crippen LogP contribution in [-0.4, -0.2) is 30.6 Å². The number of ether oxygens (including phenoxy) is 3. The second kappa shape index (κ2) is 11.1. The molecule has 210 valence electrons. The van der Waals surface area contributed by atoms with Gasteiger partial charge in [-0.3, -0.25) is 0 Å². The fraction of sp³-hybridized carbons (Fsp3) is 0.259. The number of alkyl halides is 3. The molecule has 0 aliphatic rings. The number of hydrogen-bond acceptors (Lipinski definition) is 6. The van der Waals surface area contributed by atoms with E-state index in [0.29, 0.717) is 28.8 Å². The molecule has 2 aromatic heterocycles. The largest absolute Gasteiger partial charge is 0.573 e. The van der Waals surface area contributed by atoms with Gasteiger partial charge in [0.15, 0.2) is 17.4 Å². The van der Waals surface area contributed by atoms with Crippen molar-refractivity contribution in [3.8, 4) is 34.4 Å². The molecule has 0 bridgehead atoms. The van der Waals surface area contributed by atoms with Gasteiger partial charge in [-0.25, -0.2) is 13.8 Å². The predicted octanol–water partition coefficient (Wildman–Crippen LogP) is 7.44. The van der Waals surface area contributed by atoms with Crippen LogP contribution in [-0.2, 0) is 11.5 Å². The molecule has 0 aliphatic heterocycles. The number of benzene rings is 2. The van der Waals surface area contributed by atoms with E-state index >= 15 is 0 Å². The zero-order chi connectivity index (χ0) is 29.2. The number of nitrogen functional groups attached to an aromatic ring is 1. The van der Waals surface area contributed by atoms with Crippen molar-refractivity contribution in [3.63, 3.8) is 0 Å². The highest BCUT2D eigenvalue weighted by atomic mass is 28.3. The van der Waals surface area contributed by atoms with Crippen molar-refractivity contribution in [2.45, 2.75) is 38.8 Å². The molecular weight excluding hydrogens is 551 g/mol. The first-order valence-corrected chi connectivity index (χ1v) is 15.7. The number of halogens is 5. The van der Waals surface area contributed by atoms with Gasteiger partial charge in [0.05, 0.1) is 10.9 Å². The standard InChI is InChI=1S/C27H25F5N4O3Si/c1-40(2,3)9-8-37-15-36-14-19(16-4-5-22(17(10-16)13-33)39-27(30,31)32)24-23(6-7-35-26(24)36)38-25-20(28)11-18(34)12-21(25)29/h4-7,10-12,14H,8-9,15,34H2,1-3H3. The van der Waals surface area contributed by atoms with E-state index in [2.05, 4.69) is 29.4 Å². The highest BCUT2D eigenvalue weighted by Crippen LogP contribution is 2.41. The van der Waals surface area contributed by atoms with E-state index in [1.54, 1.807) is 16.8 Å². The predicted molar refractivity (Wildman–Crippen MR) is 142 cm³/mol. The summed E-state index contributed by atoms with van der Waals surface area (Å²) in [4.78, 5) is 4.39. The minimum absolute atomic E-state index is 0.0116. The molecule has 0 unspecified atom stereocenters. The Hall–Kier alpha value is -4.15. The number of nitriles is 1. The molecule has 0 atom stereocenters. The first kappa shape index (κ1) is 28.8. The summed E-state index contributed by atoms with van der Waals surface area (Å²) in [6.07, 6.45) is -1.99. The third-order valence-electron chi connectivity index (χ3n) is 5.82. The Morgan fingerprint density at radius 2 is 1.75 bits per heavy atom. The monoisotopic (exact) mass is 576 g/mol. The van der Waals surface area contributed by atoms with Crippen molar-refractivity contribution in [1.82, 2.24) is 9.55 Å². The van der Waals surface area contributed by atoms with Crippen LogP contribution in [0.3, 0.4) is 0 Å². The Morgan fingerprint density at radius 1 is 1.05 bits per heavy atom. The molecule has 0 amide bonds. The summed E-state index contributed by atoms with van der Waals surface area (Å²) in [6.45, 7) is 7.19. The molecule has 0 saturated carbocycles. The third kappa shape index (κ3) is 6.70. The zero-order valence-corrected chi connectivity index (χ0v) is 22.8. The van der Waals surface area contributed by atoms with Crippen molar-refractivity contribution >= 4 is 24.8 Å². The van der Waals surface area contributed by atoms with Gasteiger partial charge in [0.25, 0.3) is 0 Å². The summed E-state index contributed by atoms with van der Waals surface area (Å²) < 4.78 is 84.8. The normalized spacial score (nSPS) is 12.0. The maximum absolute atomic E-state index is 14.6. The molecule has 0 radical (unpaired) electrons. The van der Waals surface area contributed by atoms with Crippen molar-refractivity contribution in [3.05, 3.63) is 66.0 Å². The SMILES string of the molecule is C[Si](C)(C)CCOCn1cc(-c2ccc(OC(F)(F)F)c(C#N)c2)c2c(Oc3c(F)cc(N)cc3F)ccnc21. The minimum atomic E-state index is -4.99. The maximum Gasteiger partial charge on any atom is 0.573 e. The lowest BCUT2D eigenvalue weighted by molar-refractivity contribution is -0.274. The number of anilines is 1. The molecule has 2 aromatic carbocycles. The molecule has 4 aromatic rings. The Bertz CT molecular complexity index is 1570. The van der Waals surface area contributed by atoms with Crippen LogP contribution in [0.1, 0.15) is 5.56 Å². The third-order valence-corrected chi connectivity index (χ3v) is 7.52. The van der Waals surface area contributed by atoms with E-state index in [-0.39, 0.29) is 23.7 Å². The minimum Gasteiger partial charge on any atom is -0.450 e. The van der Waals surface area contributed by atoms with Crippen molar-refractivity contribution < 1.29 is 36.2 Å². The molecule has 7 nitrogen and oxygen atoms in total. The van der Waals surface area contributed by atoms with Gasteiger partial charge in [-0.1, -0.05) is 25.7 Å². The van der Waals surface area contributed by atoms with Gasteiger partial charge in [-0.2, -0.15) is 5.26 Å². The van der Waals surface area contributed by atoms with Crippen LogP contribution in [0.5, 0.6) is 17.2 Å². The van der Waals surface area contributed by atoms with Gasteiger partial charge in [-0.15, -0.1) is 13.2 Å². The molecule has 13 heteroatoms. The average molecular weight is 577 g/mol. The van der Waals surface area contributed by atoms with Gasteiger partial charge in [0.1, 0.15) is 29.9 Å². The lowest BCUT2D eigenvalue weighted by atomic mass is 10.0. The molecular formula is C27H25F5N4O3Si. The zero-order valence-electron chi connectivity index (χ0n) is 21.8. The van der Waals surface area contributed by atoms with E-state index in [0.717, 1.165) is 24.2 Å². The number of rotatable bonds is 9. The molecule has 0 fully saturated rings. The van der Waals surface area contributed by atoms with Crippen molar-refractivity contribution in [2.75, 3.05) is 12.3 Å². The topological polar surface area (TPSA) is 95.3 Å². The van der Waals surface area contributed by atoms with E-state index in [9.17, 15) is 27.2 Å². The van der Waals surface area contributed by atoms with Gasteiger partial charge < -0.3 is 24.5 Å². The Morgan fingerprint density at radius 3 is 2.38 bits per heavy atom. The fourth-order valence-corrected chi connectivity index (χ4v) is 4.67. The van der Waals surface area contributed by atoms with Crippen LogP contribution in [0.25, 0.3) is 22.2 Å². The fourth-order valence-electron chi connectivity index (χ4n) is 3.92. The maximum atomic E-state index is 14.6. The molecule has 0 saturated heterocycles. The highest BCUT2D eigenvalue weighted by Gasteiger charge is 2.32. The average Bonchev–Trinajstić information content (AvgIpc) is 3.22. The molecule has 2 N–H and O–H groups in total. The number of pyridine rings is 1. The Kier molecular flexibility index (Phi) is 8.04. The van der Waals surface area contributed by atoms with Gasteiger partial charge in [-0.05, 0) is 29.8 Å². The first-order valence-electron chi connectivity index (χ1n) is 12.0. The lowest BCUT2D eigenvalue weighted by Gasteiger charge is -2.15. The van der Waals surface area contributed by atoms with E-state index in [1.165, 1.54) is 24.4 Å². The second-order valence-electron chi connectivity index (χ2n) is 10.2. The van der Waals surface area contributed by atoms with Crippen LogP contribution in [0.15, 0.2) is 48.8 Å². The van der Waals surface area contributed by atoms with E-state index < -0.39 is 37.6 Å². The van der Waals surface area contributed by atoms with Crippen LogP contribution < -0.4 is 15.2 Å². The molecule has 40 heavy (non-hydrogen) atoms. The van der Waals surface area contributed by atoms with Crippen molar-refractivity contribution in [2.24, 2.45) is 0 Å². The summed E-state index contributed by atoms with van der Waals surface area (Å²) >= 11 is 0. The summed E-state index contributed by atoms with van der Waals surface area (Å²) in [7, 11) is -1.37.